The molecular weight excluding hydrogens is 344 g/mol. The third-order valence-corrected chi connectivity index (χ3v) is 4.42. The van der Waals surface area contributed by atoms with Gasteiger partial charge >= 0.3 is 0 Å². The first-order chi connectivity index (χ1) is 10.8. The van der Waals surface area contributed by atoms with Crippen molar-refractivity contribution in [3.05, 3.63) is 60.2 Å². The lowest BCUT2D eigenvalue weighted by atomic mass is 10.2. The van der Waals surface area contributed by atoms with Crippen LogP contribution in [0.3, 0.4) is 0 Å². The molecule has 0 saturated carbocycles. The highest BCUT2D eigenvalue weighted by Gasteiger charge is 2.25. The number of halogens is 1. The standard InChI is InChI=1S/C18H19BrO3/c19-17-7-4-12-20-18(17)22-16-10-8-15(9-11-16)21-13-14-5-2-1-3-6-14/h1-3,5-6,8-11,17-18H,4,7,12-13H2. The summed E-state index contributed by atoms with van der Waals surface area (Å²) >= 11 is 3.60. The number of hydrogen-bond donors (Lipinski definition) is 0. The van der Waals surface area contributed by atoms with Crippen molar-refractivity contribution >= 4 is 15.9 Å². The van der Waals surface area contributed by atoms with Crippen molar-refractivity contribution in [2.45, 2.75) is 30.6 Å². The lowest BCUT2D eigenvalue weighted by Crippen LogP contribution is -2.34. The third kappa shape index (κ3) is 4.24. The van der Waals surface area contributed by atoms with Crippen LogP contribution >= 0.6 is 15.9 Å². The largest absolute Gasteiger partial charge is 0.489 e. The lowest BCUT2D eigenvalue weighted by Gasteiger charge is -2.28. The van der Waals surface area contributed by atoms with Crippen molar-refractivity contribution in [2.24, 2.45) is 0 Å². The summed E-state index contributed by atoms with van der Waals surface area (Å²) in [4.78, 5) is 0.246. The van der Waals surface area contributed by atoms with Gasteiger partial charge < -0.3 is 14.2 Å². The summed E-state index contributed by atoms with van der Waals surface area (Å²) in [5.74, 6) is 1.62. The Labute approximate surface area is 139 Å². The van der Waals surface area contributed by atoms with E-state index >= 15 is 0 Å². The van der Waals surface area contributed by atoms with Gasteiger partial charge in [0.25, 0.3) is 0 Å². The summed E-state index contributed by atoms with van der Waals surface area (Å²) in [6, 6.07) is 17.8. The van der Waals surface area contributed by atoms with Crippen molar-refractivity contribution in [3.63, 3.8) is 0 Å². The zero-order valence-electron chi connectivity index (χ0n) is 12.3. The molecule has 0 radical (unpaired) electrons. The van der Waals surface area contributed by atoms with E-state index in [0.717, 1.165) is 36.5 Å². The molecule has 1 saturated heterocycles. The van der Waals surface area contributed by atoms with E-state index in [2.05, 4.69) is 15.9 Å². The van der Waals surface area contributed by atoms with Gasteiger partial charge in [-0.15, -0.1) is 0 Å². The third-order valence-electron chi connectivity index (χ3n) is 3.53. The van der Waals surface area contributed by atoms with Crippen LogP contribution < -0.4 is 9.47 Å². The lowest BCUT2D eigenvalue weighted by molar-refractivity contribution is -0.0993. The molecule has 0 aromatic heterocycles. The number of rotatable bonds is 5. The van der Waals surface area contributed by atoms with Crippen LogP contribution in [0.2, 0.25) is 0 Å². The molecule has 2 aromatic carbocycles. The zero-order chi connectivity index (χ0) is 15.2. The Morgan fingerprint density at radius 2 is 1.73 bits per heavy atom. The van der Waals surface area contributed by atoms with Crippen LogP contribution in [0.4, 0.5) is 0 Å². The van der Waals surface area contributed by atoms with Gasteiger partial charge in [0.1, 0.15) is 18.1 Å². The topological polar surface area (TPSA) is 27.7 Å². The van der Waals surface area contributed by atoms with Crippen molar-refractivity contribution in [1.82, 2.24) is 0 Å². The van der Waals surface area contributed by atoms with Gasteiger partial charge in [-0.1, -0.05) is 46.3 Å². The average Bonchev–Trinajstić information content (AvgIpc) is 2.57. The maximum absolute atomic E-state index is 5.86. The smallest absolute Gasteiger partial charge is 0.212 e. The van der Waals surface area contributed by atoms with E-state index in [1.165, 1.54) is 0 Å². The van der Waals surface area contributed by atoms with Gasteiger partial charge in [0, 0.05) is 0 Å². The molecule has 0 aliphatic carbocycles. The van der Waals surface area contributed by atoms with Gasteiger partial charge in [0.2, 0.25) is 6.29 Å². The van der Waals surface area contributed by atoms with E-state index in [9.17, 15) is 0 Å². The second-order valence-electron chi connectivity index (χ2n) is 5.26. The fraction of sp³-hybridized carbons (Fsp3) is 0.333. The Hall–Kier alpha value is -1.52. The van der Waals surface area contributed by atoms with Crippen molar-refractivity contribution in [1.29, 1.82) is 0 Å². The summed E-state index contributed by atoms with van der Waals surface area (Å²) in [6.07, 6.45) is 1.93. The van der Waals surface area contributed by atoms with Gasteiger partial charge in [0.05, 0.1) is 11.4 Å². The minimum absolute atomic E-state index is 0.218. The molecule has 1 aliphatic rings. The first kappa shape index (κ1) is 15.4. The molecule has 2 unspecified atom stereocenters. The number of hydrogen-bond acceptors (Lipinski definition) is 3. The molecule has 4 heteroatoms. The van der Waals surface area contributed by atoms with Gasteiger partial charge in [-0.25, -0.2) is 0 Å². The Balaban J connectivity index is 1.53. The molecule has 0 N–H and O–H groups in total. The normalized spacial score (nSPS) is 21.3. The van der Waals surface area contributed by atoms with Crippen LogP contribution in [0.15, 0.2) is 54.6 Å². The predicted octanol–water partition coefficient (Wildman–Crippen LogP) is 4.54. The molecule has 1 aliphatic heterocycles. The highest BCUT2D eigenvalue weighted by Crippen LogP contribution is 2.26. The maximum Gasteiger partial charge on any atom is 0.212 e. The van der Waals surface area contributed by atoms with Gasteiger partial charge in [-0.05, 0) is 42.7 Å². The van der Waals surface area contributed by atoms with E-state index in [1.54, 1.807) is 0 Å². The highest BCUT2D eigenvalue weighted by molar-refractivity contribution is 9.09. The molecule has 0 spiro atoms. The quantitative estimate of drug-likeness (QED) is 0.730. The van der Waals surface area contributed by atoms with Crippen molar-refractivity contribution < 1.29 is 14.2 Å². The van der Waals surface area contributed by atoms with E-state index < -0.39 is 0 Å². The van der Waals surface area contributed by atoms with Crippen molar-refractivity contribution in [2.75, 3.05) is 6.61 Å². The van der Waals surface area contributed by atoms with Crippen LogP contribution in [0.1, 0.15) is 18.4 Å². The van der Waals surface area contributed by atoms with Crippen LogP contribution in [-0.4, -0.2) is 17.7 Å². The summed E-state index contributed by atoms with van der Waals surface area (Å²) in [5.41, 5.74) is 1.15. The Morgan fingerprint density at radius 1 is 1.00 bits per heavy atom. The fourth-order valence-electron chi connectivity index (χ4n) is 2.32. The molecule has 1 heterocycles. The molecular formula is C18H19BrO3. The van der Waals surface area contributed by atoms with E-state index in [1.807, 2.05) is 54.6 Å². The number of ether oxygens (including phenoxy) is 3. The number of alkyl halides is 1. The predicted molar refractivity (Wildman–Crippen MR) is 89.5 cm³/mol. The molecule has 2 aromatic rings. The Bertz CT molecular complexity index is 571. The van der Waals surface area contributed by atoms with Gasteiger partial charge in [0.15, 0.2) is 0 Å². The van der Waals surface area contributed by atoms with Crippen LogP contribution in [-0.2, 0) is 11.3 Å². The number of benzene rings is 2. The summed E-state index contributed by atoms with van der Waals surface area (Å²) in [5, 5.41) is 0. The fourth-order valence-corrected chi connectivity index (χ4v) is 2.90. The highest BCUT2D eigenvalue weighted by atomic mass is 79.9. The Kier molecular flexibility index (Phi) is 5.35. The second-order valence-corrected chi connectivity index (χ2v) is 6.44. The minimum atomic E-state index is -0.218. The molecule has 0 amide bonds. The first-order valence-corrected chi connectivity index (χ1v) is 8.42. The molecule has 0 bridgehead atoms. The summed E-state index contributed by atoms with van der Waals surface area (Å²) in [7, 11) is 0. The van der Waals surface area contributed by atoms with E-state index in [4.69, 9.17) is 14.2 Å². The maximum atomic E-state index is 5.86. The molecule has 116 valence electrons. The van der Waals surface area contributed by atoms with Gasteiger partial charge in [-0.3, -0.25) is 0 Å². The monoisotopic (exact) mass is 362 g/mol. The van der Waals surface area contributed by atoms with E-state index in [-0.39, 0.29) is 11.1 Å². The molecule has 22 heavy (non-hydrogen) atoms. The zero-order valence-corrected chi connectivity index (χ0v) is 13.9. The summed E-state index contributed by atoms with van der Waals surface area (Å²) < 4.78 is 17.3. The van der Waals surface area contributed by atoms with Crippen molar-refractivity contribution in [3.8, 4) is 11.5 Å². The molecule has 3 nitrogen and oxygen atoms in total. The Morgan fingerprint density at radius 3 is 2.45 bits per heavy atom. The van der Waals surface area contributed by atoms with Crippen LogP contribution in [0.5, 0.6) is 11.5 Å². The first-order valence-electron chi connectivity index (χ1n) is 7.50. The minimum Gasteiger partial charge on any atom is -0.489 e. The molecule has 3 rings (SSSR count). The van der Waals surface area contributed by atoms with Gasteiger partial charge in [-0.2, -0.15) is 0 Å². The molecule has 2 atom stereocenters. The average molecular weight is 363 g/mol. The van der Waals surface area contributed by atoms with E-state index in [0.29, 0.717) is 6.61 Å². The van der Waals surface area contributed by atoms with Crippen LogP contribution in [0, 0.1) is 0 Å². The second kappa shape index (κ2) is 7.65. The summed E-state index contributed by atoms with van der Waals surface area (Å²) in [6.45, 7) is 1.32. The SMILES string of the molecule is BrC1CCCOC1Oc1ccc(OCc2ccccc2)cc1. The van der Waals surface area contributed by atoms with Crippen LogP contribution in [0.25, 0.3) is 0 Å². The molecule has 1 fully saturated rings.